The van der Waals surface area contributed by atoms with Crippen molar-refractivity contribution in [1.82, 2.24) is 0 Å². The van der Waals surface area contributed by atoms with Crippen LogP contribution in [0.5, 0.6) is 0 Å². The van der Waals surface area contributed by atoms with Crippen LogP contribution in [-0.2, 0) is 0 Å². The number of hydrogen-bond acceptors (Lipinski definition) is 1. The Hall–Kier alpha value is -0.530. The highest BCUT2D eigenvalue weighted by Gasteiger charge is 1.74. The minimum Gasteiger partial charge on any atom is -0.397 e. The standard InChI is InChI=1S/C6H5Cl.C2H6O/c7-6-4-2-1-3-5-6;1-2-3/h1-5H;3H,2H2,1H3. The van der Waals surface area contributed by atoms with Crippen molar-refractivity contribution >= 4 is 11.6 Å². The van der Waals surface area contributed by atoms with Crippen LogP contribution in [0.4, 0.5) is 0 Å². The largest absolute Gasteiger partial charge is 0.397 e. The third-order valence-electron chi connectivity index (χ3n) is 0.733. The summed E-state index contributed by atoms with van der Waals surface area (Å²) in [4.78, 5) is 0. The highest BCUT2D eigenvalue weighted by molar-refractivity contribution is 6.30. The normalized spacial score (nSPS) is 7.90. The molecule has 1 nitrogen and oxygen atoms in total. The van der Waals surface area contributed by atoms with E-state index in [-0.39, 0.29) is 6.61 Å². The SMILES string of the molecule is CCO.Clc1ccccc1. The fraction of sp³-hybridized carbons (Fsp3) is 0.250. The average Bonchev–Trinajstić information content (AvgIpc) is 1.91. The van der Waals surface area contributed by atoms with Gasteiger partial charge >= 0.3 is 0 Å². The van der Waals surface area contributed by atoms with Gasteiger partial charge in [-0.2, -0.15) is 0 Å². The number of hydrogen-bond donors (Lipinski definition) is 1. The lowest BCUT2D eigenvalue weighted by Crippen LogP contribution is -1.57. The Morgan fingerprint density at radius 1 is 1.30 bits per heavy atom. The fourth-order valence-corrected chi connectivity index (χ4v) is 0.560. The second kappa shape index (κ2) is 6.59. The highest BCUT2D eigenvalue weighted by Crippen LogP contribution is 2.03. The van der Waals surface area contributed by atoms with Crippen LogP contribution in [0.15, 0.2) is 30.3 Å². The Labute approximate surface area is 66.3 Å². The van der Waals surface area contributed by atoms with E-state index in [1.807, 2.05) is 30.3 Å². The van der Waals surface area contributed by atoms with Gasteiger partial charge in [0.25, 0.3) is 0 Å². The van der Waals surface area contributed by atoms with E-state index in [4.69, 9.17) is 16.7 Å². The van der Waals surface area contributed by atoms with Crippen LogP contribution in [-0.4, -0.2) is 11.7 Å². The first-order valence-electron chi connectivity index (χ1n) is 3.12. The number of rotatable bonds is 0. The van der Waals surface area contributed by atoms with Crippen molar-refractivity contribution in [3.63, 3.8) is 0 Å². The van der Waals surface area contributed by atoms with Crippen molar-refractivity contribution in [2.24, 2.45) is 0 Å². The van der Waals surface area contributed by atoms with Crippen molar-refractivity contribution in [2.75, 3.05) is 6.61 Å². The minimum absolute atomic E-state index is 0.250. The number of aliphatic hydroxyl groups is 1. The molecule has 0 amide bonds. The van der Waals surface area contributed by atoms with Gasteiger partial charge in [0.2, 0.25) is 0 Å². The summed E-state index contributed by atoms with van der Waals surface area (Å²) in [6.45, 7) is 1.93. The Morgan fingerprint density at radius 3 is 1.90 bits per heavy atom. The predicted molar refractivity (Wildman–Crippen MR) is 44.2 cm³/mol. The monoisotopic (exact) mass is 158 g/mol. The average molecular weight is 159 g/mol. The lowest BCUT2D eigenvalue weighted by Gasteiger charge is -1.80. The van der Waals surface area contributed by atoms with E-state index in [2.05, 4.69) is 0 Å². The summed E-state index contributed by atoms with van der Waals surface area (Å²) in [6.07, 6.45) is 0. The Balaban J connectivity index is 0.000000236. The van der Waals surface area contributed by atoms with Gasteiger partial charge in [-0.05, 0) is 19.1 Å². The fourth-order valence-electron chi connectivity index (χ4n) is 0.415. The second-order valence-corrected chi connectivity index (χ2v) is 2.05. The molecule has 1 aromatic carbocycles. The molecule has 0 heterocycles. The van der Waals surface area contributed by atoms with Crippen molar-refractivity contribution in [3.8, 4) is 0 Å². The Morgan fingerprint density at radius 2 is 1.70 bits per heavy atom. The zero-order valence-electron chi connectivity index (χ0n) is 5.92. The van der Waals surface area contributed by atoms with Crippen molar-refractivity contribution < 1.29 is 5.11 Å². The topological polar surface area (TPSA) is 20.2 Å². The van der Waals surface area contributed by atoms with Crippen molar-refractivity contribution in [2.45, 2.75) is 6.92 Å². The molecular formula is C8H11ClO. The summed E-state index contributed by atoms with van der Waals surface area (Å²) in [6, 6.07) is 9.44. The first-order valence-corrected chi connectivity index (χ1v) is 3.50. The predicted octanol–water partition coefficient (Wildman–Crippen LogP) is 2.34. The molecule has 2 heteroatoms. The smallest absolute Gasteiger partial charge is 0.0405 e. The molecule has 0 unspecified atom stereocenters. The van der Waals surface area contributed by atoms with Crippen molar-refractivity contribution in [3.05, 3.63) is 35.4 Å². The van der Waals surface area contributed by atoms with Crippen LogP contribution in [0.25, 0.3) is 0 Å². The summed E-state index contributed by atoms with van der Waals surface area (Å²) in [7, 11) is 0. The molecule has 0 fully saturated rings. The second-order valence-electron chi connectivity index (χ2n) is 1.61. The van der Waals surface area contributed by atoms with Gasteiger partial charge in [-0.1, -0.05) is 29.8 Å². The molecule has 1 N–H and O–H groups in total. The molecule has 0 radical (unpaired) electrons. The van der Waals surface area contributed by atoms with Crippen LogP contribution in [0.1, 0.15) is 6.92 Å². The third-order valence-corrected chi connectivity index (χ3v) is 0.985. The van der Waals surface area contributed by atoms with Crippen molar-refractivity contribution in [1.29, 1.82) is 0 Å². The molecular weight excluding hydrogens is 148 g/mol. The van der Waals surface area contributed by atoms with Gasteiger partial charge in [0, 0.05) is 11.6 Å². The molecule has 0 saturated carbocycles. The molecule has 0 saturated heterocycles. The molecule has 0 aromatic heterocycles. The summed E-state index contributed by atoms with van der Waals surface area (Å²) >= 11 is 5.54. The first-order chi connectivity index (χ1) is 4.81. The maximum atomic E-state index is 7.57. The first kappa shape index (κ1) is 9.47. The molecule has 0 bridgehead atoms. The third kappa shape index (κ3) is 5.60. The van der Waals surface area contributed by atoms with Gasteiger partial charge in [0.15, 0.2) is 0 Å². The van der Waals surface area contributed by atoms with Gasteiger partial charge in [0.1, 0.15) is 0 Å². The molecule has 0 aliphatic rings. The number of benzene rings is 1. The van der Waals surface area contributed by atoms with Gasteiger partial charge < -0.3 is 5.11 Å². The minimum atomic E-state index is 0.250. The summed E-state index contributed by atoms with van der Waals surface area (Å²) in [5.74, 6) is 0. The quantitative estimate of drug-likeness (QED) is 0.615. The zero-order valence-corrected chi connectivity index (χ0v) is 6.67. The Kier molecular flexibility index (Phi) is 6.24. The Bertz CT molecular complexity index is 151. The summed E-state index contributed by atoms with van der Waals surface area (Å²) < 4.78 is 0. The lowest BCUT2D eigenvalue weighted by molar-refractivity contribution is 0.318. The maximum Gasteiger partial charge on any atom is 0.0405 e. The molecule has 0 spiro atoms. The van der Waals surface area contributed by atoms with E-state index in [1.165, 1.54) is 0 Å². The zero-order chi connectivity index (χ0) is 7.82. The number of halogens is 1. The molecule has 10 heavy (non-hydrogen) atoms. The molecule has 1 aromatic rings. The van der Waals surface area contributed by atoms with Crippen LogP contribution in [0, 0.1) is 0 Å². The molecule has 56 valence electrons. The van der Waals surface area contributed by atoms with Crippen LogP contribution < -0.4 is 0 Å². The van der Waals surface area contributed by atoms with E-state index in [0.717, 1.165) is 5.02 Å². The highest BCUT2D eigenvalue weighted by atomic mass is 35.5. The van der Waals surface area contributed by atoms with Gasteiger partial charge in [0.05, 0.1) is 0 Å². The summed E-state index contributed by atoms with van der Waals surface area (Å²) in [5, 5.41) is 8.36. The van der Waals surface area contributed by atoms with Gasteiger partial charge in [-0.25, -0.2) is 0 Å². The molecule has 0 aliphatic carbocycles. The van der Waals surface area contributed by atoms with E-state index in [9.17, 15) is 0 Å². The molecule has 0 aliphatic heterocycles. The van der Waals surface area contributed by atoms with Gasteiger partial charge in [-0.3, -0.25) is 0 Å². The van der Waals surface area contributed by atoms with Crippen LogP contribution in [0.2, 0.25) is 5.02 Å². The summed E-state index contributed by atoms with van der Waals surface area (Å²) in [5.41, 5.74) is 0. The van der Waals surface area contributed by atoms with E-state index in [0.29, 0.717) is 0 Å². The van der Waals surface area contributed by atoms with Crippen LogP contribution >= 0.6 is 11.6 Å². The van der Waals surface area contributed by atoms with Crippen LogP contribution in [0.3, 0.4) is 0 Å². The van der Waals surface area contributed by atoms with E-state index in [1.54, 1.807) is 6.92 Å². The van der Waals surface area contributed by atoms with E-state index >= 15 is 0 Å². The van der Waals surface area contributed by atoms with Gasteiger partial charge in [-0.15, -0.1) is 0 Å². The maximum absolute atomic E-state index is 7.57. The van der Waals surface area contributed by atoms with E-state index < -0.39 is 0 Å². The number of aliphatic hydroxyl groups excluding tert-OH is 1. The lowest BCUT2D eigenvalue weighted by atomic mass is 10.4. The molecule has 0 atom stereocenters. The molecule has 1 rings (SSSR count).